The van der Waals surface area contributed by atoms with Gasteiger partial charge in [0.05, 0.1) is 0 Å². The average molecular weight is 247 g/mol. The molecule has 1 unspecified atom stereocenters. The van der Waals surface area contributed by atoms with Crippen LogP contribution in [0.2, 0.25) is 0 Å². The van der Waals surface area contributed by atoms with Crippen LogP contribution in [0, 0.1) is 0 Å². The summed E-state index contributed by atoms with van der Waals surface area (Å²) < 4.78 is 0. The fourth-order valence-corrected chi connectivity index (χ4v) is 2.71. The molecule has 0 bridgehead atoms. The highest BCUT2D eigenvalue weighted by atomic mass is 15.3. The van der Waals surface area contributed by atoms with Crippen molar-refractivity contribution in [1.82, 2.24) is 14.9 Å². The van der Waals surface area contributed by atoms with Gasteiger partial charge in [-0.05, 0) is 26.8 Å². The molecule has 1 aromatic rings. The van der Waals surface area contributed by atoms with Crippen LogP contribution in [0.4, 0.5) is 11.6 Å². The molecule has 1 N–H and O–H groups in total. The third-order valence-corrected chi connectivity index (χ3v) is 3.94. The van der Waals surface area contributed by atoms with Gasteiger partial charge in [-0.15, -0.1) is 0 Å². The second kappa shape index (κ2) is 4.72. The second-order valence-corrected chi connectivity index (χ2v) is 5.40. The molecule has 0 amide bonds. The number of nitrogens with one attached hydrogen (secondary N) is 1. The van der Waals surface area contributed by atoms with E-state index < -0.39 is 0 Å². The van der Waals surface area contributed by atoms with Crippen LogP contribution in [0.5, 0.6) is 0 Å². The molecule has 5 heteroatoms. The lowest BCUT2D eigenvalue weighted by Gasteiger charge is -2.35. The molecule has 1 atom stereocenters. The normalized spacial score (nSPS) is 24.6. The molecule has 3 heterocycles. The number of likely N-dealkylation sites (N-methyl/N-ethyl adjacent to an activating group) is 1. The number of hydrogen-bond donors (Lipinski definition) is 1. The maximum Gasteiger partial charge on any atom is 0.137 e. The number of nitrogens with zero attached hydrogens (tertiary/aromatic N) is 4. The summed E-state index contributed by atoms with van der Waals surface area (Å²) in [5.74, 6) is 2.19. The Balaban J connectivity index is 1.86. The van der Waals surface area contributed by atoms with Crippen molar-refractivity contribution in [3.8, 4) is 0 Å². The zero-order valence-electron chi connectivity index (χ0n) is 11.2. The van der Waals surface area contributed by atoms with Crippen LogP contribution in [0.3, 0.4) is 0 Å². The van der Waals surface area contributed by atoms with Crippen LogP contribution in [0.1, 0.15) is 18.9 Å². The van der Waals surface area contributed by atoms with Crippen LogP contribution in [0.25, 0.3) is 0 Å². The number of piperazine rings is 1. The summed E-state index contributed by atoms with van der Waals surface area (Å²) in [4.78, 5) is 13.7. The molecular formula is C13H21N5. The van der Waals surface area contributed by atoms with Crippen molar-refractivity contribution in [3.63, 3.8) is 0 Å². The summed E-state index contributed by atoms with van der Waals surface area (Å²) in [5.41, 5.74) is 1.31. The Kier molecular flexibility index (Phi) is 3.07. The lowest BCUT2D eigenvalue weighted by Crippen LogP contribution is -2.45. The smallest absolute Gasteiger partial charge is 0.137 e. The fourth-order valence-electron chi connectivity index (χ4n) is 2.71. The minimum Gasteiger partial charge on any atom is -0.367 e. The van der Waals surface area contributed by atoms with E-state index >= 15 is 0 Å². The first-order valence-corrected chi connectivity index (χ1v) is 6.78. The predicted molar refractivity (Wildman–Crippen MR) is 73.1 cm³/mol. The van der Waals surface area contributed by atoms with Crippen molar-refractivity contribution in [2.45, 2.75) is 25.8 Å². The maximum absolute atomic E-state index is 4.52. The SMILES string of the molecule is CC1CCc2c(ncnc2N2CCN(C)CC2)N1. The monoisotopic (exact) mass is 247 g/mol. The van der Waals surface area contributed by atoms with Crippen LogP contribution in [-0.2, 0) is 6.42 Å². The van der Waals surface area contributed by atoms with Gasteiger partial charge in [-0.25, -0.2) is 9.97 Å². The van der Waals surface area contributed by atoms with E-state index in [-0.39, 0.29) is 0 Å². The molecule has 1 fully saturated rings. The lowest BCUT2D eigenvalue weighted by molar-refractivity contribution is 0.311. The molecule has 2 aliphatic heterocycles. The van der Waals surface area contributed by atoms with Gasteiger partial charge in [0.25, 0.3) is 0 Å². The molecule has 18 heavy (non-hydrogen) atoms. The second-order valence-electron chi connectivity index (χ2n) is 5.40. The summed E-state index contributed by atoms with van der Waals surface area (Å²) >= 11 is 0. The van der Waals surface area contributed by atoms with Crippen molar-refractivity contribution < 1.29 is 0 Å². The zero-order chi connectivity index (χ0) is 12.5. The van der Waals surface area contributed by atoms with Gasteiger partial charge in [0.15, 0.2) is 0 Å². The molecule has 0 aromatic carbocycles. The first kappa shape index (κ1) is 11.7. The van der Waals surface area contributed by atoms with Crippen LogP contribution < -0.4 is 10.2 Å². The fraction of sp³-hybridized carbons (Fsp3) is 0.692. The highest BCUT2D eigenvalue weighted by Gasteiger charge is 2.24. The third kappa shape index (κ3) is 2.14. The topological polar surface area (TPSA) is 44.3 Å². The summed E-state index contributed by atoms with van der Waals surface area (Å²) in [6, 6.07) is 0.521. The van der Waals surface area contributed by atoms with Gasteiger partial charge in [-0.1, -0.05) is 0 Å². The van der Waals surface area contributed by atoms with Gasteiger partial charge in [0, 0.05) is 37.8 Å². The molecule has 5 nitrogen and oxygen atoms in total. The molecule has 1 aromatic heterocycles. The zero-order valence-corrected chi connectivity index (χ0v) is 11.2. The van der Waals surface area contributed by atoms with Gasteiger partial charge < -0.3 is 15.1 Å². The third-order valence-electron chi connectivity index (χ3n) is 3.94. The summed E-state index contributed by atoms with van der Waals surface area (Å²) in [6.45, 7) is 6.57. The van der Waals surface area contributed by atoms with Gasteiger partial charge >= 0.3 is 0 Å². The first-order chi connectivity index (χ1) is 8.74. The lowest BCUT2D eigenvalue weighted by atomic mass is 10.0. The Morgan fingerprint density at radius 1 is 1.22 bits per heavy atom. The van der Waals surface area contributed by atoms with E-state index in [1.165, 1.54) is 12.0 Å². The van der Waals surface area contributed by atoms with E-state index in [0.29, 0.717) is 6.04 Å². The summed E-state index contributed by atoms with van der Waals surface area (Å²) in [5, 5.41) is 3.46. The van der Waals surface area contributed by atoms with Gasteiger partial charge in [0.1, 0.15) is 18.0 Å². The van der Waals surface area contributed by atoms with Crippen molar-refractivity contribution in [1.29, 1.82) is 0 Å². The highest BCUT2D eigenvalue weighted by Crippen LogP contribution is 2.29. The molecule has 0 radical (unpaired) electrons. The minimum absolute atomic E-state index is 0.521. The van der Waals surface area contributed by atoms with E-state index in [1.54, 1.807) is 6.33 Å². The van der Waals surface area contributed by atoms with Crippen molar-refractivity contribution in [3.05, 3.63) is 11.9 Å². The Labute approximate surface area is 108 Å². The minimum atomic E-state index is 0.521. The Bertz CT molecular complexity index is 425. The maximum atomic E-state index is 4.52. The van der Waals surface area contributed by atoms with E-state index in [9.17, 15) is 0 Å². The standard InChI is InChI=1S/C13H21N5/c1-10-3-4-11-12(16-10)14-9-15-13(11)18-7-5-17(2)6-8-18/h9-10H,3-8H2,1-2H3,(H,14,15,16). The van der Waals surface area contributed by atoms with Crippen LogP contribution >= 0.6 is 0 Å². The van der Waals surface area contributed by atoms with E-state index in [2.05, 4.69) is 39.1 Å². The average Bonchev–Trinajstić information content (AvgIpc) is 2.38. The van der Waals surface area contributed by atoms with E-state index in [4.69, 9.17) is 0 Å². The van der Waals surface area contributed by atoms with E-state index in [0.717, 1.165) is 44.2 Å². The summed E-state index contributed by atoms with van der Waals surface area (Å²) in [6.07, 6.45) is 3.95. The quantitative estimate of drug-likeness (QED) is 0.801. The number of fused-ring (bicyclic) bond motifs is 1. The highest BCUT2D eigenvalue weighted by molar-refractivity contribution is 5.60. The van der Waals surface area contributed by atoms with Crippen LogP contribution in [-0.4, -0.2) is 54.1 Å². The first-order valence-electron chi connectivity index (χ1n) is 6.78. The van der Waals surface area contributed by atoms with Crippen molar-refractivity contribution >= 4 is 11.6 Å². The van der Waals surface area contributed by atoms with E-state index in [1.807, 2.05) is 0 Å². The molecule has 0 saturated carbocycles. The van der Waals surface area contributed by atoms with Crippen molar-refractivity contribution in [2.75, 3.05) is 43.4 Å². The Morgan fingerprint density at radius 2 is 2.00 bits per heavy atom. The Hall–Kier alpha value is -1.36. The van der Waals surface area contributed by atoms with Crippen LogP contribution in [0.15, 0.2) is 6.33 Å². The molecule has 0 aliphatic carbocycles. The van der Waals surface area contributed by atoms with Gasteiger partial charge in [0.2, 0.25) is 0 Å². The molecule has 0 spiro atoms. The number of anilines is 2. The molecule has 1 saturated heterocycles. The summed E-state index contributed by atoms with van der Waals surface area (Å²) in [7, 11) is 2.18. The number of hydrogen-bond acceptors (Lipinski definition) is 5. The largest absolute Gasteiger partial charge is 0.367 e. The number of aromatic nitrogens is 2. The molecule has 3 rings (SSSR count). The van der Waals surface area contributed by atoms with Crippen molar-refractivity contribution in [2.24, 2.45) is 0 Å². The molecule has 98 valence electrons. The molecule has 2 aliphatic rings. The van der Waals surface area contributed by atoms with Gasteiger partial charge in [-0.2, -0.15) is 0 Å². The number of rotatable bonds is 1. The predicted octanol–water partition coefficient (Wildman–Crippen LogP) is 0.975. The molecular weight excluding hydrogens is 226 g/mol. The van der Waals surface area contributed by atoms with Gasteiger partial charge in [-0.3, -0.25) is 0 Å². The Morgan fingerprint density at radius 3 is 2.78 bits per heavy atom.